The Morgan fingerprint density at radius 2 is 0.614 bits per heavy atom. The molecule has 5 N–H and O–H groups in total. The van der Waals surface area contributed by atoms with Gasteiger partial charge in [-0.05, 0) is 77.0 Å². The molecular weight excluding hydrogens is 939 g/mol. The van der Waals surface area contributed by atoms with Crippen LogP contribution >= 0.6 is 15.6 Å². The number of phosphoric ester groups is 2. The average Bonchev–Trinajstić information content (AvgIpc) is 3.34. The molecule has 0 aromatic heterocycles. The highest BCUT2D eigenvalue weighted by Crippen LogP contribution is 2.45. The number of unbranched alkanes of at least 4 members (excludes halogenated alkanes) is 24. The molecule has 0 aliphatic carbocycles. The van der Waals surface area contributed by atoms with Gasteiger partial charge in [0, 0.05) is 12.8 Å². The topological polar surface area (TPSA) is 225 Å². The van der Waals surface area contributed by atoms with Crippen molar-refractivity contribution in [3.63, 3.8) is 0 Å². The fourth-order valence-electron chi connectivity index (χ4n) is 7.04. The Morgan fingerprint density at radius 1 is 0.371 bits per heavy atom. The van der Waals surface area contributed by atoms with Crippen molar-refractivity contribution >= 4 is 27.6 Å². The van der Waals surface area contributed by atoms with Crippen molar-refractivity contribution in [1.82, 2.24) is 0 Å². The maximum Gasteiger partial charge on any atom is 0.472 e. The molecule has 0 spiro atoms. The van der Waals surface area contributed by atoms with E-state index in [9.17, 15) is 43.8 Å². The smallest absolute Gasteiger partial charge is 0.463 e. The molecule has 0 bridgehead atoms. The number of hydrogen-bond acceptors (Lipinski definition) is 13. The lowest BCUT2D eigenvalue weighted by Crippen LogP contribution is -2.25. The fraction of sp³-hybridized carbons (Fsp3) is 0.811. The fourth-order valence-corrected chi connectivity index (χ4v) is 8.63. The standard InChI is InChI=1S/C53H98O15P2/c1-3-5-7-9-11-13-15-17-19-21-23-25-27-29-31-33-35-37-39-41-52(57)63-43-49(54)45-65-69(59,60)67-47-51(56)48-68-70(61,62)66-46-50(55)44-64-53(58)42-40-38-36-34-32-30-28-26-24-22-20-18-16-14-12-10-8-6-4-2/h11,13,17-20,23,25,49-51,54-56H,3-10,12,14-16,21-22,24,26-48H2,1-2H3,(H,59,60)(H,61,62)/b13-11-,19-17-,20-18+,25-23-. The Kier molecular flexibility index (Phi) is 47.8. The molecular formula is C53H98O15P2. The molecule has 0 radical (unpaired) electrons. The van der Waals surface area contributed by atoms with Gasteiger partial charge in [-0.2, -0.15) is 0 Å². The maximum absolute atomic E-state index is 12.2. The first-order valence-electron chi connectivity index (χ1n) is 27.0. The molecule has 0 saturated heterocycles. The molecule has 5 unspecified atom stereocenters. The van der Waals surface area contributed by atoms with Crippen LogP contribution in [0.3, 0.4) is 0 Å². The largest absolute Gasteiger partial charge is 0.472 e. The molecule has 17 heteroatoms. The van der Waals surface area contributed by atoms with E-state index in [-0.39, 0.29) is 12.8 Å². The summed E-state index contributed by atoms with van der Waals surface area (Å²) in [4.78, 5) is 43.9. The van der Waals surface area contributed by atoms with Crippen molar-refractivity contribution in [3.05, 3.63) is 48.6 Å². The zero-order valence-electron chi connectivity index (χ0n) is 43.4. The van der Waals surface area contributed by atoms with E-state index in [1.807, 2.05) is 0 Å². The summed E-state index contributed by atoms with van der Waals surface area (Å²) in [6.07, 6.45) is 48.0. The van der Waals surface area contributed by atoms with Crippen molar-refractivity contribution in [2.75, 3.05) is 39.6 Å². The van der Waals surface area contributed by atoms with Gasteiger partial charge in [0.2, 0.25) is 0 Å². The van der Waals surface area contributed by atoms with E-state index in [1.54, 1.807) is 0 Å². The third-order valence-corrected chi connectivity index (χ3v) is 13.2. The van der Waals surface area contributed by atoms with Crippen LogP contribution in [0.5, 0.6) is 0 Å². The zero-order valence-corrected chi connectivity index (χ0v) is 45.2. The summed E-state index contributed by atoms with van der Waals surface area (Å²) in [6, 6.07) is 0. The minimum atomic E-state index is -4.79. The predicted molar refractivity (Wildman–Crippen MR) is 279 cm³/mol. The van der Waals surface area contributed by atoms with Crippen LogP contribution in [-0.4, -0.2) is 95.0 Å². The van der Waals surface area contributed by atoms with Crippen molar-refractivity contribution in [2.45, 2.75) is 238 Å². The van der Waals surface area contributed by atoms with Gasteiger partial charge in [0.1, 0.15) is 31.5 Å². The SMILES string of the molecule is CCCCC/C=C\C/C=C\C/C=C\CCCCCCCCC(=O)OCC(O)COP(=O)(O)OCC(O)COP(=O)(O)OCC(O)COC(=O)CCCCCCCCCCC/C=C/CCCCCCCC. The number of carbonyl (C=O) groups excluding carboxylic acids is 2. The van der Waals surface area contributed by atoms with E-state index in [0.717, 1.165) is 70.6 Å². The Bertz CT molecular complexity index is 1440. The van der Waals surface area contributed by atoms with E-state index < -0.39 is 85.5 Å². The van der Waals surface area contributed by atoms with Gasteiger partial charge in [-0.1, -0.05) is 178 Å². The summed E-state index contributed by atoms with van der Waals surface area (Å²) in [5.41, 5.74) is 0. The van der Waals surface area contributed by atoms with E-state index in [0.29, 0.717) is 12.8 Å². The molecule has 0 rings (SSSR count). The van der Waals surface area contributed by atoms with Gasteiger partial charge in [0.05, 0.1) is 26.4 Å². The molecule has 0 aliphatic heterocycles. The molecule has 0 saturated carbocycles. The molecule has 5 atom stereocenters. The Morgan fingerprint density at radius 3 is 0.957 bits per heavy atom. The van der Waals surface area contributed by atoms with Crippen LogP contribution < -0.4 is 0 Å². The second-order valence-corrected chi connectivity index (χ2v) is 21.1. The van der Waals surface area contributed by atoms with E-state index in [1.165, 1.54) is 109 Å². The number of rotatable bonds is 52. The lowest BCUT2D eigenvalue weighted by Gasteiger charge is -2.19. The first-order valence-corrected chi connectivity index (χ1v) is 30.0. The molecule has 0 aliphatic rings. The highest BCUT2D eigenvalue weighted by molar-refractivity contribution is 7.47. The number of ether oxygens (including phenoxy) is 2. The van der Waals surface area contributed by atoms with Gasteiger partial charge in [-0.25, -0.2) is 9.13 Å². The Hall–Kier alpha value is -2.00. The van der Waals surface area contributed by atoms with Crippen molar-refractivity contribution in [2.24, 2.45) is 0 Å². The lowest BCUT2D eigenvalue weighted by atomic mass is 10.1. The minimum absolute atomic E-state index is 0.181. The number of allylic oxidation sites excluding steroid dienone is 8. The maximum atomic E-state index is 12.2. The summed E-state index contributed by atoms with van der Waals surface area (Å²) < 4.78 is 53.1. The third kappa shape index (κ3) is 50.9. The first kappa shape index (κ1) is 68.0. The second kappa shape index (κ2) is 49.2. The second-order valence-electron chi connectivity index (χ2n) is 18.2. The molecule has 410 valence electrons. The van der Waals surface area contributed by atoms with E-state index >= 15 is 0 Å². The van der Waals surface area contributed by atoms with E-state index in [2.05, 4.69) is 71.5 Å². The average molecular weight is 1040 g/mol. The first-order chi connectivity index (χ1) is 33.8. The molecule has 0 fully saturated rings. The van der Waals surface area contributed by atoms with Gasteiger partial charge in [-0.15, -0.1) is 0 Å². The van der Waals surface area contributed by atoms with Gasteiger partial charge in [0.15, 0.2) is 0 Å². The minimum Gasteiger partial charge on any atom is -0.463 e. The van der Waals surface area contributed by atoms with Gasteiger partial charge in [-0.3, -0.25) is 27.7 Å². The Balaban J connectivity index is 3.85. The number of carbonyl (C=O) groups is 2. The monoisotopic (exact) mass is 1040 g/mol. The van der Waals surface area contributed by atoms with Gasteiger partial charge < -0.3 is 34.6 Å². The number of hydrogen-bond donors (Lipinski definition) is 5. The zero-order chi connectivity index (χ0) is 51.7. The summed E-state index contributed by atoms with van der Waals surface area (Å²) >= 11 is 0. The number of aliphatic hydroxyl groups excluding tert-OH is 3. The molecule has 0 heterocycles. The summed E-state index contributed by atoms with van der Waals surface area (Å²) in [5.74, 6) is -1.01. The van der Waals surface area contributed by atoms with Gasteiger partial charge >= 0.3 is 27.6 Å². The molecule has 0 aromatic carbocycles. The quantitative estimate of drug-likeness (QED) is 0.0165. The van der Waals surface area contributed by atoms with Crippen LogP contribution in [-0.2, 0) is 46.3 Å². The summed E-state index contributed by atoms with van der Waals surface area (Å²) in [7, 11) is -9.58. The van der Waals surface area contributed by atoms with E-state index in [4.69, 9.17) is 18.5 Å². The summed E-state index contributed by atoms with van der Waals surface area (Å²) in [5, 5.41) is 30.1. The van der Waals surface area contributed by atoms with Crippen LogP contribution in [0, 0.1) is 0 Å². The van der Waals surface area contributed by atoms with Crippen LogP contribution in [0.4, 0.5) is 0 Å². The highest BCUT2D eigenvalue weighted by atomic mass is 31.2. The third-order valence-electron chi connectivity index (χ3n) is 11.3. The molecule has 0 amide bonds. The number of esters is 2. The summed E-state index contributed by atoms with van der Waals surface area (Å²) in [6.45, 7) is 0.400. The number of aliphatic hydroxyl groups is 3. The van der Waals surface area contributed by atoms with Crippen molar-refractivity contribution < 1.29 is 71.4 Å². The van der Waals surface area contributed by atoms with Crippen LogP contribution in [0.1, 0.15) is 219 Å². The number of phosphoric acid groups is 2. The molecule has 70 heavy (non-hydrogen) atoms. The lowest BCUT2D eigenvalue weighted by molar-refractivity contribution is -0.148. The van der Waals surface area contributed by atoms with Gasteiger partial charge in [0.25, 0.3) is 0 Å². The van der Waals surface area contributed by atoms with Crippen LogP contribution in [0.2, 0.25) is 0 Å². The predicted octanol–water partition coefficient (Wildman–Crippen LogP) is 13.2. The van der Waals surface area contributed by atoms with Crippen LogP contribution in [0.25, 0.3) is 0 Å². The van der Waals surface area contributed by atoms with Crippen molar-refractivity contribution in [3.8, 4) is 0 Å². The van der Waals surface area contributed by atoms with Crippen LogP contribution in [0.15, 0.2) is 48.6 Å². The normalized spacial score (nSPS) is 15.2. The Labute approximate surface area is 423 Å². The molecule has 15 nitrogen and oxygen atoms in total. The van der Waals surface area contributed by atoms with Crippen molar-refractivity contribution in [1.29, 1.82) is 0 Å². The highest BCUT2D eigenvalue weighted by Gasteiger charge is 2.28. The molecule has 0 aromatic rings.